The molecule has 0 radical (unpaired) electrons. The van der Waals surface area contributed by atoms with Crippen LogP contribution in [0.25, 0.3) is 0 Å². The molecule has 1 atom stereocenters. The number of aromatic carboxylic acids is 1. The van der Waals surface area contributed by atoms with E-state index in [1.54, 1.807) is 18.2 Å². The summed E-state index contributed by atoms with van der Waals surface area (Å²) in [5, 5.41) is 26.7. The standard InChI is InChI=1S/C18H16N4O7S2/c23-15(18(26)27)21-16-13(17(24)25)10-5-8(19-7-11(10)30-16)6-20-14-9-3-1-2-4-12(9)31(28,29)22-14/h1-4,8,19H,5-7H2,(H,20,22)(H,21,23)(H,24,25)(H,26,27)/t8-/m0/s1. The normalized spacial score (nSPS) is 18.5. The van der Waals surface area contributed by atoms with Crippen LogP contribution in [-0.4, -0.2) is 54.9 Å². The first-order valence-corrected chi connectivity index (χ1v) is 11.3. The Balaban J connectivity index is 1.52. The molecular formula is C18H16N4O7S2. The number of sulfonamides is 1. The van der Waals surface area contributed by atoms with E-state index in [1.807, 2.05) is 0 Å². The monoisotopic (exact) mass is 464 g/mol. The second kappa shape index (κ2) is 7.76. The number of nitrogens with one attached hydrogen (secondary N) is 3. The minimum Gasteiger partial charge on any atom is -0.478 e. The van der Waals surface area contributed by atoms with Gasteiger partial charge in [0, 0.05) is 29.6 Å². The number of thiophene rings is 1. The Morgan fingerprint density at radius 1 is 1.23 bits per heavy atom. The van der Waals surface area contributed by atoms with Crippen molar-refractivity contribution in [1.82, 2.24) is 10.6 Å². The fraction of sp³-hybridized carbons (Fsp3) is 0.222. The number of fused-ring (bicyclic) bond motifs is 2. The first-order valence-electron chi connectivity index (χ1n) is 9.01. The van der Waals surface area contributed by atoms with Gasteiger partial charge in [-0.05, 0) is 24.1 Å². The first kappa shape index (κ1) is 21.0. The maximum absolute atomic E-state index is 12.2. The molecule has 0 saturated carbocycles. The largest absolute Gasteiger partial charge is 0.478 e. The van der Waals surface area contributed by atoms with Crippen LogP contribution in [0.15, 0.2) is 33.6 Å². The van der Waals surface area contributed by atoms with Crippen LogP contribution in [0.4, 0.5) is 5.00 Å². The number of hydrogen-bond donors (Lipinski definition) is 5. The van der Waals surface area contributed by atoms with Gasteiger partial charge in [0.25, 0.3) is 10.0 Å². The van der Waals surface area contributed by atoms with Gasteiger partial charge in [0.15, 0.2) is 0 Å². The number of amidine groups is 1. The van der Waals surface area contributed by atoms with E-state index in [9.17, 15) is 27.9 Å². The highest BCUT2D eigenvalue weighted by molar-refractivity contribution is 7.90. The highest BCUT2D eigenvalue weighted by Gasteiger charge is 2.32. The van der Waals surface area contributed by atoms with Crippen molar-refractivity contribution in [3.63, 3.8) is 0 Å². The number of anilines is 1. The fourth-order valence-corrected chi connectivity index (χ4v) is 5.86. The highest BCUT2D eigenvalue weighted by Crippen LogP contribution is 2.36. The van der Waals surface area contributed by atoms with Crippen molar-refractivity contribution in [3.05, 3.63) is 45.8 Å². The molecule has 3 heterocycles. The van der Waals surface area contributed by atoms with Gasteiger partial charge >= 0.3 is 17.8 Å². The molecule has 11 nitrogen and oxygen atoms in total. The van der Waals surface area contributed by atoms with Crippen LogP contribution in [0.3, 0.4) is 0 Å². The zero-order valence-electron chi connectivity index (χ0n) is 15.7. The number of hydrogen-bond acceptors (Lipinski definition) is 8. The number of rotatable bonds is 4. The third kappa shape index (κ3) is 3.89. The molecule has 0 fully saturated rings. The number of nitrogens with zero attached hydrogens (tertiary/aromatic N) is 1. The molecule has 1 aromatic heterocycles. The van der Waals surface area contributed by atoms with Gasteiger partial charge < -0.3 is 26.2 Å². The van der Waals surface area contributed by atoms with Crippen LogP contribution in [-0.2, 0) is 32.6 Å². The summed E-state index contributed by atoms with van der Waals surface area (Å²) in [5.74, 6) is -4.07. The quantitative estimate of drug-likeness (QED) is 0.397. The Morgan fingerprint density at radius 3 is 2.68 bits per heavy atom. The number of amides is 1. The van der Waals surface area contributed by atoms with E-state index in [4.69, 9.17) is 5.11 Å². The van der Waals surface area contributed by atoms with E-state index < -0.39 is 27.9 Å². The molecule has 0 saturated heterocycles. The average molecular weight is 464 g/mol. The topological polar surface area (TPSA) is 174 Å². The second-order valence-electron chi connectivity index (χ2n) is 6.85. The summed E-state index contributed by atoms with van der Waals surface area (Å²) in [6.45, 7) is 0.588. The van der Waals surface area contributed by atoms with Gasteiger partial charge in [0.1, 0.15) is 15.7 Å². The predicted octanol–water partition coefficient (Wildman–Crippen LogP) is 0.222. The highest BCUT2D eigenvalue weighted by atomic mass is 32.2. The molecule has 31 heavy (non-hydrogen) atoms. The van der Waals surface area contributed by atoms with Crippen molar-refractivity contribution >= 4 is 50.0 Å². The minimum atomic E-state index is -3.75. The zero-order chi connectivity index (χ0) is 22.3. The molecule has 1 aromatic carbocycles. The van der Waals surface area contributed by atoms with Gasteiger partial charge in [-0.15, -0.1) is 15.7 Å². The van der Waals surface area contributed by atoms with E-state index in [0.29, 0.717) is 22.5 Å². The van der Waals surface area contributed by atoms with Crippen LogP contribution in [0, 0.1) is 0 Å². The maximum Gasteiger partial charge on any atom is 0.394 e. The van der Waals surface area contributed by atoms with E-state index >= 15 is 0 Å². The summed E-state index contributed by atoms with van der Waals surface area (Å²) in [6, 6.07) is 6.20. The molecular weight excluding hydrogens is 448 g/mol. The van der Waals surface area contributed by atoms with Crippen LogP contribution < -0.4 is 16.0 Å². The van der Waals surface area contributed by atoms with Crippen molar-refractivity contribution in [3.8, 4) is 0 Å². The molecule has 13 heteroatoms. The van der Waals surface area contributed by atoms with Crippen LogP contribution in [0.2, 0.25) is 0 Å². The molecule has 162 valence electrons. The predicted molar refractivity (Wildman–Crippen MR) is 110 cm³/mol. The Kier molecular flexibility index (Phi) is 5.24. The summed E-state index contributed by atoms with van der Waals surface area (Å²) in [7, 11) is -3.75. The molecule has 5 N–H and O–H groups in total. The molecule has 1 amide bonds. The number of carbonyl (C=O) groups excluding carboxylic acids is 1. The molecule has 0 spiro atoms. The van der Waals surface area contributed by atoms with Gasteiger partial charge in [-0.25, -0.2) is 9.59 Å². The van der Waals surface area contributed by atoms with Gasteiger partial charge in [-0.1, -0.05) is 12.1 Å². The summed E-state index contributed by atoms with van der Waals surface area (Å²) in [5.41, 5.74) is 0.844. The Morgan fingerprint density at radius 2 is 1.97 bits per heavy atom. The lowest BCUT2D eigenvalue weighted by atomic mass is 9.98. The molecule has 2 aliphatic rings. The van der Waals surface area contributed by atoms with Crippen LogP contribution in [0.5, 0.6) is 0 Å². The van der Waals surface area contributed by atoms with E-state index in [2.05, 4.69) is 20.3 Å². The van der Waals surface area contributed by atoms with Crippen LogP contribution >= 0.6 is 11.3 Å². The average Bonchev–Trinajstić information content (AvgIpc) is 3.20. The maximum atomic E-state index is 12.2. The van der Waals surface area contributed by atoms with Gasteiger partial charge in [-0.2, -0.15) is 8.42 Å². The van der Waals surface area contributed by atoms with Crippen molar-refractivity contribution in [1.29, 1.82) is 0 Å². The van der Waals surface area contributed by atoms with Crippen molar-refractivity contribution in [2.24, 2.45) is 4.40 Å². The number of aliphatic carboxylic acids is 1. The number of carboxylic acid groups (broad SMARTS) is 2. The third-order valence-corrected chi connectivity index (χ3v) is 7.36. The smallest absolute Gasteiger partial charge is 0.394 e. The number of benzene rings is 1. The summed E-state index contributed by atoms with van der Waals surface area (Å²) in [6.07, 6.45) is 0.283. The molecule has 0 aliphatic carbocycles. The van der Waals surface area contributed by atoms with Gasteiger partial charge in [0.2, 0.25) is 0 Å². The van der Waals surface area contributed by atoms with E-state index in [0.717, 1.165) is 11.3 Å². The van der Waals surface area contributed by atoms with Gasteiger partial charge in [-0.3, -0.25) is 4.79 Å². The lowest BCUT2D eigenvalue weighted by Gasteiger charge is -2.25. The lowest BCUT2D eigenvalue weighted by molar-refractivity contribution is -0.147. The van der Waals surface area contributed by atoms with Gasteiger partial charge in [0.05, 0.1) is 5.56 Å². The molecule has 0 bridgehead atoms. The molecule has 4 rings (SSSR count). The Hall–Kier alpha value is -3.29. The van der Waals surface area contributed by atoms with Crippen molar-refractivity contribution in [2.45, 2.75) is 23.9 Å². The SMILES string of the molecule is O=C(O)C(=O)Nc1sc2c(c1C(=O)O)C[C@@H](CNC1=NS(=O)(=O)c3ccccc31)NC2. The third-order valence-electron chi connectivity index (χ3n) is 4.88. The Bertz CT molecular complexity index is 1250. The number of carboxylic acids is 2. The summed E-state index contributed by atoms with van der Waals surface area (Å²) < 4.78 is 28.1. The summed E-state index contributed by atoms with van der Waals surface area (Å²) in [4.78, 5) is 34.9. The second-order valence-corrected chi connectivity index (χ2v) is 9.52. The van der Waals surface area contributed by atoms with Crippen molar-refractivity contribution < 1.29 is 33.0 Å². The summed E-state index contributed by atoms with van der Waals surface area (Å²) >= 11 is 1.01. The molecule has 0 unspecified atom stereocenters. The van der Waals surface area contributed by atoms with Crippen molar-refractivity contribution in [2.75, 3.05) is 11.9 Å². The minimum absolute atomic E-state index is 0.0273. The lowest BCUT2D eigenvalue weighted by Crippen LogP contribution is -2.44. The first-order chi connectivity index (χ1) is 14.7. The van der Waals surface area contributed by atoms with E-state index in [1.165, 1.54) is 6.07 Å². The molecule has 2 aliphatic heterocycles. The van der Waals surface area contributed by atoms with Crippen LogP contribution in [0.1, 0.15) is 26.4 Å². The fourth-order valence-electron chi connectivity index (χ4n) is 3.49. The Labute approximate surface area is 179 Å². The van der Waals surface area contributed by atoms with E-state index in [-0.39, 0.29) is 40.3 Å². The molecule has 2 aromatic rings. The number of carbonyl (C=O) groups is 3. The zero-order valence-corrected chi connectivity index (χ0v) is 17.3.